The Morgan fingerprint density at radius 3 is 2.62 bits per heavy atom. The molecule has 0 spiro atoms. The van der Waals surface area contributed by atoms with E-state index in [0.29, 0.717) is 30.6 Å². The van der Waals surface area contributed by atoms with Gasteiger partial charge in [0.25, 0.3) is 0 Å². The van der Waals surface area contributed by atoms with Crippen LogP contribution in [-0.4, -0.2) is 34.0 Å². The second-order valence-corrected chi connectivity index (χ2v) is 7.72. The molecule has 128 valence electrons. The third-order valence-electron chi connectivity index (χ3n) is 4.54. The fraction of sp³-hybridized carbons (Fsp3) is 0.526. The fourth-order valence-electron chi connectivity index (χ4n) is 3.04. The van der Waals surface area contributed by atoms with Crippen molar-refractivity contribution in [2.45, 2.75) is 51.4 Å². The van der Waals surface area contributed by atoms with Crippen molar-refractivity contribution >= 4 is 5.91 Å². The zero-order chi connectivity index (χ0) is 17.3. The number of amides is 1. The summed E-state index contributed by atoms with van der Waals surface area (Å²) in [5.74, 6) is 1.76. The third kappa shape index (κ3) is 3.50. The first-order chi connectivity index (χ1) is 11.3. The van der Waals surface area contributed by atoms with Crippen LogP contribution in [0, 0.1) is 0 Å². The number of hydrogen-bond acceptors (Lipinski definition) is 4. The van der Waals surface area contributed by atoms with E-state index in [4.69, 9.17) is 4.52 Å². The van der Waals surface area contributed by atoms with Gasteiger partial charge in [-0.15, -0.1) is 0 Å². The highest BCUT2D eigenvalue weighted by Crippen LogP contribution is 2.30. The fourth-order valence-corrected chi connectivity index (χ4v) is 3.04. The molecule has 0 saturated carbocycles. The Bertz CT molecular complexity index is 703. The monoisotopic (exact) mass is 327 g/mol. The van der Waals surface area contributed by atoms with Crippen molar-refractivity contribution in [2.24, 2.45) is 0 Å². The van der Waals surface area contributed by atoms with E-state index in [0.717, 1.165) is 6.54 Å². The van der Waals surface area contributed by atoms with Gasteiger partial charge in [-0.25, -0.2) is 0 Å². The molecule has 1 saturated heterocycles. The molecule has 2 atom stereocenters. The van der Waals surface area contributed by atoms with Crippen LogP contribution in [0.15, 0.2) is 34.9 Å². The maximum atomic E-state index is 12.4. The minimum Gasteiger partial charge on any atom is -0.341 e. The van der Waals surface area contributed by atoms with Crippen molar-refractivity contribution in [1.82, 2.24) is 15.0 Å². The number of hydrogen-bond donors (Lipinski definition) is 0. The van der Waals surface area contributed by atoms with Crippen LogP contribution in [0.1, 0.15) is 63.2 Å². The molecule has 24 heavy (non-hydrogen) atoms. The molecule has 1 amide bonds. The summed E-state index contributed by atoms with van der Waals surface area (Å²) in [6, 6.07) is 10.3. The molecule has 0 aliphatic carbocycles. The molecular weight excluding hydrogens is 302 g/mol. The molecule has 1 aromatic carbocycles. The predicted molar refractivity (Wildman–Crippen MR) is 91.8 cm³/mol. The number of carbonyl (C=O) groups excluding carboxylic acids is 1. The zero-order valence-electron chi connectivity index (χ0n) is 14.8. The summed E-state index contributed by atoms with van der Waals surface area (Å²) in [6.45, 7) is 9.68. The quantitative estimate of drug-likeness (QED) is 0.862. The van der Waals surface area contributed by atoms with E-state index in [1.807, 2.05) is 23.1 Å². The van der Waals surface area contributed by atoms with E-state index in [2.05, 4.69) is 50.0 Å². The molecule has 2 aromatic rings. The molecule has 0 bridgehead atoms. The highest BCUT2D eigenvalue weighted by atomic mass is 16.5. The Morgan fingerprint density at radius 1 is 1.29 bits per heavy atom. The lowest BCUT2D eigenvalue weighted by molar-refractivity contribution is -0.127. The van der Waals surface area contributed by atoms with Crippen molar-refractivity contribution in [3.05, 3.63) is 47.6 Å². The Kier molecular flexibility index (Phi) is 4.43. The summed E-state index contributed by atoms with van der Waals surface area (Å²) in [7, 11) is 0. The summed E-state index contributed by atoms with van der Waals surface area (Å²) in [4.78, 5) is 18.8. The van der Waals surface area contributed by atoms with Crippen LogP contribution in [0.25, 0.3) is 0 Å². The van der Waals surface area contributed by atoms with Gasteiger partial charge < -0.3 is 9.42 Å². The van der Waals surface area contributed by atoms with Gasteiger partial charge >= 0.3 is 0 Å². The largest absolute Gasteiger partial charge is 0.341 e. The van der Waals surface area contributed by atoms with Crippen molar-refractivity contribution in [1.29, 1.82) is 0 Å². The van der Waals surface area contributed by atoms with E-state index >= 15 is 0 Å². The van der Waals surface area contributed by atoms with E-state index in [1.165, 1.54) is 5.56 Å². The van der Waals surface area contributed by atoms with Gasteiger partial charge in [0, 0.05) is 24.9 Å². The molecule has 5 nitrogen and oxygen atoms in total. The molecule has 0 radical (unpaired) electrons. The minimum absolute atomic E-state index is 0.00377. The number of carbonyl (C=O) groups is 1. The summed E-state index contributed by atoms with van der Waals surface area (Å²) >= 11 is 0. The zero-order valence-corrected chi connectivity index (χ0v) is 14.8. The van der Waals surface area contributed by atoms with Crippen molar-refractivity contribution < 1.29 is 9.32 Å². The third-order valence-corrected chi connectivity index (χ3v) is 4.54. The van der Waals surface area contributed by atoms with Gasteiger partial charge in [-0.1, -0.05) is 63.2 Å². The van der Waals surface area contributed by atoms with Crippen LogP contribution >= 0.6 is 0 Å². The molecule has 1 aromatic heterocycles. The molecule has 0 N–H and O–H groups in total. The lowest BCUT2D eigenvalue weighted by Crippen LogP contribution is -2.29. The molecule has 2 heterocycles. The van der Waals surface area contributed by atoms with Gasteiger partial charge in [-0.3, -0.25) is 4.79 Å². The van der Waals surface area contributed by atoms with Gasteiger partial charge in [0.2, 0.25) is 11.8 Å². The summed E-state index contributed by atoms with van der Waals surface area (Å²) in [6.07, 6.45) is 0.452. The van der Waals surface area contributed by atoms with E-state index in [1.54, 1.807) is 0 Å². The van der Waals surface area contributed by atoms with Gasteiger partial charge in [-0.05, 0) is 11.5 Å². The Labute approximate surface area is 143 Å². The molecule has 1 aliphatic rings. The second kappa shape index (κ2) is 6.38. The Morgan fingerprint density at radius 2 is 2.00 bits per heavy atom. The van der Waals surface area contributed by atoms with Crippen LogP contribution in [-0.2, 0) is 10.2 Å². The lowest BCUT2D eigenvalue weighted by atomic mass is 9.96. The van der Waals surface area contributed by atoms with Crippen LogP contribution in [0.2, 0.25) is 0 Å². The molecule has 2 unspecified atom stereocenters. The van der Waals surface area contributed by atoms with Crippen LogP contribution in [0.5, 0.6) is 0 Å². The lowest BCUT2D eigenvalue weighted by Gasteiger charge is -2.21. The Hall–Kier alpha value is -2.17. The molecule has 1 aliphatic heterocycles. The highest BCUT2D eigenvalue weighted by molar-refractivity contribution is 5.79. The van der Waals surface area contributed by atoms with Crippen LogP contribution in [0.4, 0.5) is 0 Å². The van der Waals surface area contributed by atoms with Crippen LogP contribution in [0.3, 0.4) is 0 Å². The number of benzene rings is 1. The first-order valence-electron chi connectivity index (χ1n) is 8.51. The summed E-state index contributed by atoms with van der Waals surface area (Å²) < 4.78 is 5.42. The molecular formula is C19H25N3O2. The average molecular weight is 327 g/mol. The number of nitrogens with zero attached hydrogens (tertiary/aromatic N) is 3. The number of aromatic nitrogens is 2. The van der Waals surface area contributed by atoms with Gasteiger partial charge in [0.1, 0.15) is 0 Å². The molecule has 5 heteroatoms. The first kappa shape index (κ1) is 16.7. The van der Waals surface area contributed by atoms with E-state index in [9.17, 15) is 4.79 Å². The topological polar surface area (TPSA) is 59.2 Å². The van der Waals surface area contributed by atoms with E-state index in [-0.39, 0.29) is 17.2 Å². The van der Waals surface area contributed by atoms with Gasteiger partial charge in [0.05, 0.1) is 5.92 Å². The SMILES string of the molecule is CC(CN1CC(c2nc(C(C)(C)C)no2)CC1=O)c1ccccc1. The first-order valence-corrected chi connectivity index (χ1v) is 8.51. The maximum Gasteiger partial charge on any atom is 0.232 e. The maximum absolute atomic E-state index is 12.4. The van der Waals surface area contributed by atoms with E-state index < -0.39 is 0 Å². The summed E-state index contributed by atoms with van der Waals surface area (Å²) in [5, 5.41) is 4.07. The summed E-state index contributed by atoms with van der Waals surface area (Å²) in [5.41, 5.74) is 1.10. The van der Waals surface area contributed by atoms with Crippen molar-refractivity contribution in [3.8, 4) is 0 Å². The van der Waals surface area contributed by atoms with Gasteiger partial charge in [-0.2, -0.15) is 4.98 Å². The number of likely N-dealkylation sites (tertiary alicyclic amines) is 1. The van der Waals surface area contributed by atoms with Crippen LogP contribution < -0.4 is 0 Å². The predicted octanol–water partition coefficient (Wildman–Crippen LogP) is 3.49. The smallest absolute Gasteiger partial charge is 0.232 e. The standard InChI is InChI=1S/C19H25N3O2/c1-13(14-8-6-5-7-9-14)11-22-12-15(10-16(22)23)17-20-18(21-24-17)19(2,3)4/h5-9,13,15H,10-12H2,1-4H3. The minimum atomic E-state index is -0.147. The average Bonchev–Trinajstić information content (AvgIpc) is 3.15. The normalized spacial score (nSPS) is 19.8. The second-order valence-electron chi connectivity index (χ2n) is 7.72. The number of rotatable bonds is 4. The van der Waals surface area contributed by atoms with Crippen molar-refractivity contribution in [3.63, 3.8) is 0 Å². The highest BCUT2D eigenvalue weighted by Gasteiger charge is 2.35. The Balaban J connectivity index is 1.66. The molecule has 1 fully saturated rings. The van der Waals surface area contributed by atoms with Gasteiger partial charge in [0.15, 0.2) is 5.82 Å². The van der Waals surface area contributed by atoms with Crippen molar-refractivity contribution in [2.75, 3.05) is 13.1 Å². The molecule has 3 rings (SSSR count).